The molecule has 0 spiro atoms. The number of sulfonamides is 1. The summed E-state index contributed by atoms with van der Waals surface area (Å²) in [7, 11) is -2.63. The van der Waals surface area contributed by atoms with E-state index in [0.717, 1.165) is 4.31 Å². The average Bonchev–Trinajstić information content (AvgIpc) is 2.92. The number of carbonyl (C=O) groups is 1. The second-order valence-corrected chi connectivity index (χ2v) is 6.81. The number of carboxylic acids is 1. The first-order valence-electron chi connectivity index (χ1n) is 6.47. The van der Waals surface area contributed by atoms with Gasteiger partial charge < -0.3 is 9.52 Å². The molecule has 0 aliphatic heterocycles. The van der Waals surface area contributed by atoms with E-state index in [0.29, 0.717) is 17.1 Å². The average molecular weight is 324 g/mol. The molecule has 1 heterocycles. The second-order valence-electron chi connectivity index (χ2n) is 4.81. The third kappa shape index (κ3) is 3.02. The van der Waals surface area contributed by atoms with Gasteiger partial charge in [0.25, 0.3) is 0 Å². The summed E-state index contributed by atoms with van der Waals surface area (Å²) >= 11 is 0. The highest BCUT2D eigenvalue weighted by Crippen LogP contribution is 2.22. The fourth-order valence-corrected chi connectivity index (χ4v) is 3.14. The van der Waals surface area contributed by atoms with Crippen LogP contribution in [0.1, 0.15) is 12.8 Å². The number of hydrogen-bond acceptors (Lipinski definition) is 5. The maximum atomic E-state index is 12.4. The number of hydrogen-bond donors (Lipinski definition) is 1. The van der Waals surface area contributed by atoms with Crippen molar-refractivity contribution in [1.82, 2.24) is 9.29 Å². The van der Waals surface area contributed by atoms with E-state index in [1.54, 1.807) is 19.1 Å². The Bertz CT molecular complexity index is 780. The summed E-state index contributed by atoms with van der Waals surface area (Å²) in [4.78, 5) is 15.1. The standard InChI is InChI=1S/C14H16N2O5S/c1-9(14(17)18)16(3)22(19,20)12-6-4-11(5-7-12)13-8-21-10(2)15-13/h4-9H,1-3H3,(H,17,18). The van der Waals surface area contributed by atoms with E-state index in [-0.39, 0.29) is 4.90 Å². The first kappa shape index (κ1) is 16.2. The predicted molar refractivity (Wildman–Crippen MR) is 78.7 cm³/mol. The molecule has 7 nitrogen and oxygen atoms in total. The number of benzene rings is 1. The zero-order valence-electron chi connectivity index (χ0n) is 12.3. The Kier molecular flexibility index (Phi) is 4.34. The summed E-state index contributed by atoms with van der Waals surface area (Å²) in [5.74, 6) is -0.692. The Balaban J connectivity index is 2.31. The highest BCUT2D eigenvalue weighted by Gasteiger charge is 2.29. The van der Waals surface area contributed by atoms with Gasteiger partial charge in [-0.2, -0.15) is 4.31 Å². The molecule has 0 radical (unpaired) electrons. The molecule has 0 aliphatic rings. The lowest BCUT2D eigenvalue weighted by Gasteiger charge is -2.21. The lowest BCUT2D eigenvalue weighted by atomic mass is 10.2. The van der Waals surface area contributed by atoms with Crippen LogP contribution < -0.4 is 0 Å². The van der Waals surface area contributed by atoms with E-state index < -0.39 is 22.0 Å². The molecule has 8 heteroatoms. The fraction of sp³-hybridized carbons (Fsp3) is 0.286. The molecule has 2 rings (SSSR count). The van der Waals surface area contributed by atoms with Crippen LogP contribution in [-0.2, 0) is 14.8 Å². The van der Waals surface area contributed by atoms with Gasteiger partial charge in [-0.3, -0.25) is 4.79 Å². The Morgan fingerprint density at radius 3 is 2.36 bits per heavy atom. The predicted octanol–water partition coefficient (Wildman–Crippen LogP) is 1.74. The van der Waals surface area contributed by atoms with Crippen LogP contribution in [0, 0.1) is 6.92 Å². The van der Waals surface area contributed by atoms with Crippen molar-refractivity contribution in [2.24, 2.45) is 0 Å². The van der Waals surface area contributed by atoms with E-state index in [1.807, 2.05) is 0 Å². The quantitative estimate of drug-likeness (QED) is 0.899. The number of aromatic nitrogens is 1. The second kappa shape index (κ2) is 5.90. The van der Waals surface area contributed by atoms with E-state index in [2.05, 4.69) is 4.98 Å². The van der Waals surface area contributed by atoms with E-state index >= 15 is 0 Å². The molecule has 0 amide bonds. The number of oxazole rings is 1. The molecule has 1 unspecified atom stereocenters. The zero-order valence-corrected chi connectivity index (χ0v) is 13.2. The number of nitrogens with zero attached hydrogens (tertiary/aromatic N) is 2. The molecule has 0 saturated carbocycles. The van der Waals surface area contributed by atoms with Gasteiger partial charge in [0.05, 0.1) is 4.90 Å². The first-order valence-corrected chi connectivity index (χ1v) is 7.91. The Morgan fingerprint density at radius 1 is 1.32 bits per heavy atom. The molecule has 22 heavy (non-hydrogen) atoms. The van der Waals surface area contributed by atoms with E-state index in [9.17, 15) is 13.2 Å². The van der Waals surface area contributed by atoms with Gasteiger partial charge in [-0.25, -0.2) is 13.4 Å². The van der Waals surface area contributed by atoms with Crippen LogP contribution in [0.4, 0.5) is 0 Å². The zero-order chi connectivity index (χ0) is 16.5. The van der Waals surface area contributed by atoms with Gasteiger partial charge in [0.15, 0.2) is 5.89 Å². The van der Waals surface area contributed by atoms with Crippen LogP contribution in [0.2, 0.25) is 0 Å². The van der Waals surface area contributed by atoms with E-state index in [4.69, 9.17) is 9.52 Å². The minimum Gasteiger partial charge on any atom is -0.480 e. The highest BCUT2D eigenvalue weighted by molar-refractivity contribution is 7.89. The Labute approximate surface area is 128 Å². The first-order chi connectivity index (χ1) is 10.2. The van der Waals surface area contributed by atoms with Crippen LogP contribution in [-0.4, -0.2) is 41.9 Å². The van der Waals surface area contributed by atoms with Gasteiger partial charge in [-0.05, 0) is 19.1 Å². The number of likely N-dealkylation sites (N-methyl/N-ethyl adjacent to an activating group) is 1. The van der Waals surface area contributed by atoms with Gasteiger partial charge >= 0.3 is 5.97 Å². The van der Waals surface area contributed by atoms with Crippen molar-refractivity contribution in [3.8, 4) is 11.3 Å². The molecular weight excluding hydrogens is 308 g/mol. The molecule has 0 fully saturated rings. The highest BCUT2D eigenvalue weighted by atomic mass is 32.2. The summed E-state index contributed by atoms with van der Waals surface area (Å²) in [6.45, 7) is 3.02. The minimum absolute atomic E-state index is 0.0204. The molecular formula is C14H16N2O5S. The SMILES string of the molecule is Cc1nc(-c2ccc(S(=O)(=O)N(C)C(C)C(=O)O)cc2)co1. The van der Waals surface area contributed by atoms with Crippen molar-refractivity contribution >= 4 is 16.0 Å². The van der Waals surface area contributed by atoms with Crippen LogP contribution in [0.25, 0.3) is 11.3 Å². The normalized spacial score (nSPS) is 13.3. The molecule has 1 atom stereocenters. The molecule has 0 bridgehead atoms. The van der Waals surface area contributed by atoms with Crippen molar-refractivity contribution < 1.29 is 22.7 Å². The molecule has 1 aromatic heterocycles. The molecule has 2 aromatic rings. The fourth-order valence-electron chi connectivity index (χ4n) is 1.82. The third-order valence-corrected chi connectivity index (χ3v) is 5.29. The van der Waals surface area contributed by atoms with Crippen LogP contribution in [0.5, 0.6) is 0 Å². The van der Waals surface area contributed by atoms with Crippen molar-refractivity contribution in [3.63, 3.8) is 0 Å². The van der Waals surface area contributed by atoms with Crippen LogP contribution in [0.15, 0.2) is 39.8 Å². The summed E-state index contributed by atoms with van der Waals surface area (Å²) in [6, 6.07) is 4.88. The largest absolute Gasteiger partial charge is 0.480 e. The van der Waals surface area contributed by atoms with Crippen molar-refractivity contribution in [2.45, 2.75) is 24.8 Å². The molecule has 118 valence electrons. The summed E-state index contributed by atoms with van der Waals surface area (Å²) in [5, 5.41) is 8.93. The number of aryl methyl sites for hydroxylation is 1. The minimum atomic E-state index is -3.87. The van der Waals surface area contributed by atoms with Gasteiger partial charge in [0, 0.05) is 19.5 Å². The third-order valence-electron chi connectivity index (χ3n) is 3.35. The van der Waals surface area contributed by atoms with Crippen molar-refractivity contribution in [1.29, 1.82) is 0 Å². The summed E-state index contributed by atoms with van der Waals surface area (Å²) < 4.78 is 30.7. The van der Waals surface area contributed by atoms with Crippen molar-refractivity contribution in [3.05, 3.63) is 36.4 Å². The molecule has 1 N–H and O–H groups in total. The number of rotatable bonds is 5. The van der Waals surface area contributed by atoms with Gasteiger partial charge in [-0.1, -0.05) is 12.1 Å². The molecule has 0 saturated heterocycles. The summed E-state index contributed by atoms with van der Waals surface area (Å²) in [6.07, 6.45) is 1.48. The van der Waals surface area contributed by atoms with Gasteiger partial charge in [0.2, 0.25) is 10.0 Å². The maximum absolute atomic E-state index is 12.4. The Morgan fingerprint density at radius 2 is 1.91 bits per heavy atom. The topological polar surface area (TPSA) is 101 Å². The number of aliphatic carboxylic acids is 1. The van der Waals surface area contributed by atoms with Crippen LogP contribution >= 0.6 is 0 Å². The number of carboxylic acid groups (broad SMARTS) is 1. The van der Waals surface area contributed by atoms with E-state index in [1.165, 1.54) is 32.4 Å². The monoisotopic (exact) mass is 324 g/mol. The molecule has 0 aliphatic carbocycles. The lowest BCUT2D eigenvalue weighted by molar-refractivity contribution is -0.140. The Hall–Kier alpha value is -2.19. The smallest absolute Gasteiger partial charge is 0.321 e. The van der Waals surface area contributed by atoms with Crippen molar-refractivity contribution in [2.75, 3.05) is 7.05 Å². The maximum Gasteiger partial charge on any atom is 0.321 e. The molecule has 1 aromatic carbocycles. The van der Waals surface area contributed by atoms with Gasteiger partial charge in [0.1, 0.15) is 18.0 Å². The lowest BCUT2D eigenvalue weighted by Crippen LogP contribution is -2.40. The van der Waals surface area contributed by atoms with Gasteiger partial charge in [-0.15, -0.1) is 0 Å². The summed E-state index contributed by atoms with van der Waals surface area (Å²) in [5.41, 5.74) is 1.32. The van der Waals surface area contributed by atoms with Crippen LogP contribution in [0.3, 0.4) is 0 Å².